The maximum atomic E-state index is 15.0. The van der Waals surface area contributed by atoms with Crippen LogP contribution in [-0.2, 0) is 4.79 Å². The molecule has 0 bridgehead atoms. The molecule has 0 saturated heterocycles. The number of hydrogen-bond donors (Lipinski definition) is 0. The molecule has 160 valence electrons. The van der Waals surface area contributed by atoms with E-state index in [4.69, 9.17) is 16.3 Å². The van der Waals surface area contributed by atoms with Gasteiger partial charge in [-0.1, -0.05) is 61.5 Å². The standard InChI is InChI=1S/C22H20ClFN4O2S/c1-3-12-31-22-25-20-19(26-27-22)13-8-5-6-11-16(13)28(17(29)4-2)21(30-20)18-14(23)9-7-10-15(18)24/h5-11,21H,3-4,12H2,1-2H3/t21-/m0/s1. The highest BCUT2D eigenvalue weighted by Gasteiger charge is 2.37. The number of benzene rings is 2. The second-order valence-corrected chi connectivity index (χ2v) is 8.31. The number of hydrogen-bond acceptors (Lipinski definition) is 6. The fourth-order valence-electron chi connectivity index (χ4n) is 3.34. The van der Waals surface area contributed by atoms with E-state index in [1.807, 2.05) is 12.1 Å². The normalized spacial score (nSPS) is 15.0. The van der Waals surface area contributed by atoms with Crippen LogP contribution in [0.4, 0.5) is 10.1 Å². The molecular weight excluding hydrogens is 439 g/mol. The highest BCUT2D eigenvalue weighted by atomic mass is 35.5. The SMILES string of the molecule is CCCSc1nnc2c(n1)O[C@@H](c1c(F)cccc1Cl)N(C(=O)CC)c1ccccc1-2. The van der Waals surface area contributed by atoms with E-state index in [0.717, 1.165) is 12.2 Å². The molecule has 4 rings (SSSR count). The Kier molecular flexibility index (Phi) is 6.38. The number of ether oxygens (including phenoxy) is 1. The Bertz CT molecular complexity index is 1110. The van der Waals surface area contributed by atoms with Gasteiger partial charge in [-0.2, -0.15) is 4.98 Å². The lowest BCUT2D eigenvalue weighted by Crippen LogP contribution is -2.38. The predicted octanol–water partition coefficient (Wildman–Crippen LogP) is 5.67. The number of amides is 1. The summed E-state index contributed by atoms with van der Waals surface area (Å²) in [4.78, 5) is 19.0. The molecule has 1 aromatic heterocycles. The van der Waals surface area contributed by atoms with Crippen molar-refractivity contribution in [1.82, 2.24) is 15.2 Å². The summed E-state index contributed by atoms with van der Waals surface area (Å²) in [5.41, 5.74) is 1.61. The second-order valence-electron chi connectivity index (χ2n) is 6.84. The molecule has 0 N–H and O–H groups in total. The molecule has 0 radical (unpaired) electrons. The number of rotatable bonds is 5. The van der Waals surface area contributed by atoms with Gasteiger partial charge in [-0.15, -0.1) is 10.2 Å². The Labute approximate surface area is 188 Å². The summed E-state index contributed by atoms with van der Waals surface area (Å²) in [7, 11) is 0. The van der Waals surface area contributed by atoms with E-state index in [1.165, 1.54) is 28.8 Å². The molecule has 0 fully saturated rings. The molecule has 1 aliphatic rings. The maximum Gasteiger partial charge on any atom is 0.247 e. The van der Waals surface area contributed by atoms with Gasteiger partial charge >= 0.3 is 0 Å². The van der Waals surface area contributed by atoms with Crippen molar-refractivity contribution in [3.05, 3.63) is 58.9 Å². The number of halogens is 2. The third-order valence-electron chi connectivity index (χ3n) is 4.76. The minimum atomic E-state index is -1.15. The Morgan fingerprint density at radius 2 is 2.00 bits per heavy atom. The van der Waals surface area contributed by atoms with Gasteiger partial charge in [0.15, 0.2) is 5.69 Å². The summed E-state index contributed by atoms with van der Waals surface area (Å²) in [5, 5.41) is 9.16. The third kappa shape index (κ3) is 4.09. The topological polar surface area (TPSA) is 68.2 Å². The largest absolute Gasteiger partial charge is 0.447 e. The number of carbonyl (C=O) groups is 1. The smallest absolute Gasteiger partial charge is 0.247 e. The Morgan fingerprint density at radius 3 is 2.74 bits per heavy atom. The van der Waals surface area contributed by atoms with Gasteiger partial charge < -0.3 is 4.74 Å². The van der Waals surface area contributed by atoms with E-state index in [1.54, 1.807) is 25.1 Å². The zero-order valence-corrected chi connectivity index (χ0v) is 18.6. The number of fused-ring (bicyclic) bond motifs is 3. The quantitative estimate of drug-likeness (QED) is 0.459. The summed E-state index contributed by atoms with van der Waals surface area (Å²) in [6.45, 7) is 3.79. The highest BCUT2D eigenvalue weighted by Crippen LogP contribution is 2.45. The van der Waals surface area contributed by atoms with Crippen LogP contribution in [0.25, 0.3) is 11.3 Å². The zero-order valence-electron chi connectivity index (χ0n) is 17.0. The summed E-state index contributed by atoms with van der Waals surface area (Å²) in [6, 6.07) is 11.6. The van der Waals surface area contributed by atoms with Crippen molar-refractivity contribution in [3.8, 4) is 17.1 Å². The first-order valence-corrected chi connectivity index (χ1v) is 11.3. The third-order valence-corrected chi connectivity index (χ3v) is 6.14. The van der Waals surface area contributed by atoms with E-state index in [0.29, 0.717) is 22.1 Å². The minimum absolute atomic E-state index is 0.0648. The van der Waals surface area contributed by atoms with Crippen molar-refractivity contribution in [1.29, 1.82) is 0 Å². The molecule has 1 amide bonds. The van der Waals surface area contributed by atoms with Crippen molar-refractivity contribution in [2.45, 2.75) is 38.1 Å². The molecule has 9 heteroatoms. The first-order chi connectivity index (χ1) is 15.0. The van der Waals surface area contributed by atoms with Gasteiger partial charge in [-0.25, -0.2) is 4.39 Å². The lowest BCUT2D eigenvalue weighted by atomic mass is 10.1. The number of para-hydroxylation sites is 1. The van der Waals surface area contributed by atoms with Crippen LogP contribution in [0.15, 0.2) is 47.6 Å². The zero-order chi connectivity index (χ0) is 22.0. The molecule has 1 aliphatic heterocycles. The summed E-state index contributed by atoms with van der Waals surface area (Å²) in [6.07, 6.45) is -0.0155. The Hall–Kier alpha value is -2.71. The van der Waals surface area contributed by atoms with Crippen LogP contribution in [0.1, 0.15) is 38.5 Å². The van der Waals surface area contributed by atoms with Crippen LogP contribution >= 0.6 is 23.4 Å². The molecule has 0 spiro atoms. The fraction of sp³-hybridized carbons (Fsp3) is 0.273. The van der Waals surface area contributed by atoms with Gasteiger partial charge in [0.1, 0.15) is 5.82 Å². The average Bonchev–Trinajstić information content (AvgIpc) is 2.91. The van der Waals surface area contributed by atoms with Crippen molar-refractivity contribution in [2.75, 3.05) is 10.7 Å². The summed E-state index contributed by atoms with van der Waals surface area (Å²) in [5.74, 6) is 0.171. The van der Waals surface area contributed by atoms with Crippen LogP contribution in [0, 0.1) is 5.82 Å². The van der Waals surface area contributed by atoms with Gasteiger partial charge in [-0.05, 0) is 24.6 Å². The van der Waals surface area contributed by atoms with Crippen molar-refractivity contribution in [2.24, 2.45) is 0 Å². The molecule has 6 nitrogen and oxygen atoms in total. The molecule has 2 aromatic carbocycles. The van der Waals surface area contributed by atoms with E-state index >= 15 is 0 Å². The molecule has 31 heavy (non-hydrogen) atoms. The monoisotopic (exact) mass is 458 g/mol. The molecule has 0 aliphatic carbocycles. The summed E-state index contributed by atoms with van der Waals surface area (Å²) < 4.78 is 21.1. The van der Waals surface area contributed by atoms with Crippen molar-refractivity contribution >= 4 is 35.0 Å². The lowest BCUT2D eigenvalue weighted by molar-refractivity contribution is -0.120. The number of anilines is 1. The van der Waals surface area contributed by atoms with Gasteiger partial charge in [0.2, 0.25) is 23.2 Å². The summed E-state index contributed by atoms with van der Waals surface area (Å²) >= 11 is 7.82. The van der Waals surface area contributed by atoms with Gasteiger partial charge in [0.05, 0.1) is 16.3 Å². The second kappa shape index (κ2) is 9.20. The molecule has 0 unspecified atom stereocenters. The van der Waals surface area contributed by atoms with Crippen LogP contribution in [0.2, 0.25) is 5.02 Å². The van der Waals surface area contributed by atoms with Gasteiger partial charge in [-0.3, -0.25) is 9.69 Å². The maximum absolute atomic E-state index is 15.0. The minimum Gasteiger partial charge on any atom is -0.447 e. The highest BCUT2D eigenvalue weighted by molar-refractivity contribution is 7.99. The number of thioether (sulfide) groups is 1. The van der Waals surface area contributed by atoms with Crippen LogP contribution in [-0.4, -0.2) is 26.8 Å². The van der Waals surface area contributed by atoms with E-state index in [9.17, 15) is 9.18 Å². The first-order valence-electron chi connectivity index (χ1n) is 9.94. The van der Waals surface area contributed by atoms with Gasteiger partial charge in [0, 0.05) is 17.7 Å². The predicted molar refractivity (Wildman–Crippen MR) is 119 cm³/mol. The van der Waals surface area contributed by atoms with E-state index < -0.39 is 12.0 Å². The Morgan fingerprint density at radius 1 is 1.19 bits per heavy atom. The molecule has 3 aromatic rings. The molecule has 2 heterocycles. The lowest BCUT2D eigenvalue weighted by Gasteiger charge is -2.31. The molecular formula is C22H20ClFN4O2S. The van der Waals surface area contributed by atoms with Crippen LogP contribution in [0.5, 0.6) is 5.88 Å². The molecule has 0 saturated carbocycles. The Balaban J connectivity index is 1.96. The average molecular weight is 459 g/mol. The van der Waals surface area contributed by atoms with E-state index in [2.05, 4.69) is 22.1 Å². The van der Waals surface area contributed by atoms with Crippen LogP contribution in [0.3, 0.4) is 0 Å². The van der Waals surface area contributed by atoms with Crippen molar-refractivity contribution < 1.29 is 13.9 Å². The van der Waals surface area contributed by atoms with Crippen molar-refractivity contribution in [3.63, 3.8) is 0 Å². The van der Waals surface area contributed by atoms with Crippen LogP contribution < -0.4 is 9.64 Å². The fourth-order valence-corrected chi connectivity index (χ4v) is 4.23. The van der Waals surface area contributed by atoms with E-state index in [-0.39, 0.29) is 28.8 Å². The molecule has 1 atom stereocenters. The number of aromatic nitrogens is 3. The van der Waals surface area contributed by atoms with Gasteiger partial charge in [0.25, 0.3) is 0 Å². The number of carbonyl (C=O) groups excluding carboxylic acids is 1. The first kappa shape index (κ1) is 21.5. The number of nitrogens with zero attached hydrogens (tertiary/aromatic N) is 4.